The minimum Gasteiger partial charge on any atom is -0.501 e. The first-order valence-electron chi connectivity index (χ1n) is 22.3. The van der Waals surface area contributed by atoms with Crippen LogP contribution in [0.3, 0.4) is 0 Å². The van der Waals surface area contributed by atoms with Crippen LogP contribution in [0.4, 0.5) is 0 Å². The van der Waals surface area contributed by atoms with Crippen molar-refractivity contribution in [3.63, 3.8) is 0 Å². The molecule has 11 nitrogen and oxygen atoms in total. The third kappa shape index (κ3) is 18.9. The maximum absolute atomic E-state index is 12.1. The summed E-state index contributed by atoms with van der Waals surface area (Å²) in [7, 11) is 0. The Labute approximate surface area is 359 Å². The number of unbranched alkanes of at least 4 members (excludes halogenated alkanes) is 4. The molecule has 0 aromatic rings. The zero-order chi connectivity index (χ0) is 43.3. The van der Waals surface area contributed by atoms with Crippen LogP contribution in [0.25, 0.3) is 0 Å². The van der Waals surface area contributed by atoms with Gasteiger partial charge in [0.05, 0.1) is 69.2 Å². The van der Waals surface area contributed by atoms with Crippen molar-refractivity contribution < 1.29 is 52.8 Å². The topological polar surface area (TPSA) is 124 Å². The molecule has 0 amide bonds. The van der Waals surface area contributed by atoms with Crippen LogP contribution >= 0.6 is 24.4 Å². The van der Waals surface area contributed by atoms with Crippen LogP contribution in [0, 0.1) is 5.41 Å². The Bertz CT molecular complexity index is 979. The van der Waals surface area contributed by atoms with Crippen molar-refractivity contribution in [2.24, 2.45) is 5.41 Å². The van der Waals surface area contributed by atoms with E-state index >= 15 is 0 Å². The standard InChI is InChI=1S/C44H86O11S2/c1-13-21-25-47-37(17-5)29-51-33(9)43(41(45)56,34(10)52-30-38(18-6)48-26-22-14-2)44(42(46)57,35(11)53-31-39(19-7)49-27-23-15-3)55-36(12)54-32-40(20-8)50-28-24-16-4/h33-40H,13-32H2,1-12H3,(H,45,56)(H,46,57). The highest BCUT2D eigenvalue weighted by molar-refractivity contribution is 7.80. The van der Waals surface area contributed by atoms with E-state index in [1.54, 1.807) is 27.7 Å². The first-order valence-corrected chi connectivity index (χ1v) is 23.2. The Morgan fingerprint density at radius 2 is 0.737 bits per heavy atom. The van der Waals surface area contributed by atoms with Crippen molar-refractivity contribution in [2.45, 2.75) is 215 Å². The first-order chi connectivity index (χ1) is 27.3. The van der Waals surface area contributed by atoms with E-state index in [0.717, 1.165) is 57.8 Å². The van der Waals surface area contributed by atoms with E-state index in [4.69, 9.17) is 67.1 Å². The molecule has 0 aliphatic rings. The molecule has 2 N–H and O–H groups in total. The van der Waals surface area contributed by atoms with E-state index < -0.39 is 45.7 Å². The SMILES string of the molecule is CCCCOC(CC)COC(C)OC(C(O)=S)(C(C)OCC(CC)OCCCC)C(C(O)=S)(C(C)OCC(CC)OCCCC)C(C)OCC(CC)OCCCC. The number of ether oxygens (including phenoxy) is 9. The summed E-state index contributed by atoms with van der Waals surface area (Å²) in [4.78, 5) is 0. The Balaban J connectivity index is 7.48. The number of aliphatic hydroxyl groups is 2. The summed E-state index contributed by atoms with van der Waals surface area (Å²) in [6.07, 6.45) is 5.76. The second kappa shape index (κ2) is 33.1. The zero-order valence-corrected chi connectivity index (χ0v) is 39.8. The highest BCUT2D eigenvalue weighted by Gasteiger charge is 2.69. The van der Waals surface area contributed by atoms with Gasteiger partial charge in [-0.05, 0) is 103 Å². The van der Waals surface area contributed by atoms with Gasteiger partial charge in [0.25, 0.3) is 0 Å². The second-order valence-electron chi connectivity index (χ2n) is 15.2. The molecule has 13 heteroatoms. The van der Waals surface area contributed by atoms with Crippen molar-refractivity contribution in [1.82, 2.24) is 0 Å². The summed E-state index contributed by atoms with van der Waals surface area (Å²) in [5, 5.41) is 23.0. The molecule has 0 fully saturated rings. The lowest BCUT2D eigenvalue weighted by atomic mass is 9.62. The normalized spacial score (nSPS) is 18.5. The number of hydrogen-bond donors (Lipinski definition) is 2. The molecule has 0 saturated carbocycles. The number of rotatable bonds is 40. The summed E-state index contributed by atoms with van der Waals surface area (Å²) >= 11 is 11.7. The summed E-state index contributed by atoms with van der Waals surface area (Å²) in [6.45, 7) is 26.9. The van der Waals surface area contributed by atoms with Crippen molar-refractivity contribution in [1.29, 1.82) is 0 Å². The quantitative estimate of drug-likeness (QED) is 0.0346. The van der Waals surface area contributed by atoms with Crippen molar-refractivity contribution in [3.05, 3.63) is 0 Å². The molecule has 0 bridgehead atoms. The molecule has 0 spiro atoms. The Morgan fingerprint density at radius 3 is 1.00 bits per heavy atom. The Morgan fingerprint density at radius 1 is 0.439 bits per heavy atom. The van der Waals surface area contributed by atoms with Crippen LogP contribution in [0.15, 0.2) is 0 Å². The molecule has 0 radical (unpaired) electrons. The van der Waals surface area contributed by atoms with Crippen LogP contribution < -0.4 is 0 Å². The highest BCUT2D eigenvalue weighted by Crippen LogP contribution is 2.49. The minimum atomic E-state index is -2.05. The number of hydrogen-bond acceptors (Lipinski definition) is 11. The average molecular weight is 855 g/mol. The van der Waals surface area contributed by atoms with Crippen LogP contribution in [0.2, 0.25) is 0 Å². The summed E-state index contributed by atoms with van der Waals surface area (Å²) in [5.74, 6) is 0. The number of thiocarbonyl (C=S) groups is 2. The van der Waals surface area contributed by atoms with Gasteiger partial charge in [-0.15, -0.1) is 0 Å². The molecule has 0 rings (SSSR count). The second-order valence-corrected chi connectivity index (χ2v) is 16.0. The maximum Gasteiger partial charge on any atom is 0.193 e. The average Bonchev–Trinajstić information content (AvgIpc) is 3.19. The molecular weight excluding hydrogens is 769 g/mol. The van der Waals surface area contributed by atoms with Crippen molar-refractivity contribution >= 4 is 34.5 Å². The lowest BCUT2D eigenvalue weighted by molar-refractivity contribution is -0.280. The summed E-state index contributed by atoms with van der Waals surface area (Å²) in [5.41, 5.74) is -3.88. The van der Waals surface area contributed by atoms with E-state index in [1.807, 2.05) is 27.7 Å². The van der Waals surface area contributed by atoms with Gasteiger partial charge in [0.1, 0.15) is 5.41 Å². The van der Waals surface area contributed by atoms with E-state index in [9.17, 15) is 10.2 Å². The van der Waals surface area contributed by atoms with E-state index in [0.29, 0.717) is 45.7 Å². The van der Waals surface area contributed by atoms with E-state index in [-0.39, 0.29) is 50.8 Å². The fourth-order valence-corrected chi connectivity index (χ4v) is 7.62. The molecule has 0 aromatic carbocycles. The number of aliphatic hydroxyl groups excluding tert-OH is 2. The van der Waals surface area contributed by atoms with Gasteiger partial charge in [0, 0.05) is 26.4 Å². The van der Waals surface area contributed by atoms with Crippen LogP contribution in [0.5, 0.6) is 0 Å². The summed E-state index contributed by atoms with van der Waals surface area (Å²) in [6, 6.07) is 0. The van der Waals surface area contributed by atoms with E-state index in [2.05, 4.69) is 27.7 Å². The molecule has 0 aliphatic heterocycles. The molecule has 9 atom stereocenters. The molecule has 340 valence electrons. The smallest absolute Gasteiger partial charge is 0.193 e. The molecular formula is C44H86O11S2. The van der Waals surface area contributed by atoms with Gasteiger partial charge in [-0.25, -0.2) is 0 Å². The van der Waals surface area contributed by atoms with E-state index in [1.165, 1.54) is 0 Å². The third-order valence-corrected chi connectivity index (χ3v) is 11.5. The van der Waals surface area contributed by atoms with Crippen LogP contribution in [0.1, 0.15) is 160 Å². The van der Waals surface area contributed by atoms with Crippen molar-refractivity contribution in [2.75, 3.05) is 52.9 Å². The fraction of sp³-hybridized carbons (Fsp3) is 0.955. The molecule has 0 heterocycles. The molecule has 0 aliphatic carbocycles. The molecule has 57 heavy (non-hydrogen) atoms. The predicted octanol–water partition coefficient (Wildman–Crippen LogP) is 10.5. The predicted molar refractivity (Wildman–Crippen MR) is 238 cm³/mol. The largest absolute Gasteiger partial charge is 0.501 e. The monoisotopic (exact) mass is 855 g/mol. The minimum absolute atomic E-state index is 0.165. The molecule has 0 saturated heterocycles. The first kappa shape index (κ1) is 56.4. The fourth-order valence-electron chi connectivity index (χ4n) is 6.76. The third-order valence-electron chi connectivity index (χ3n) is 10.8. The highest BCUT2D eigenvalue weighted by atomic mass is 32.1. The zero-order valence-electron chi connectivity index (χ0n) is 38.1. The van der Waals surface area contributed by atoms with Gasteiger partial charge in [0.2, 0.25) is 0 Å². The molecule has 9 unspecified atom stereocenters. The van der Waals surface area contributed by atoms with Crippen LogP contribution in [-0.4, -0.2) is 128 Å². The van der Waals surface area contributed by atoms with Gasteiger partial charge in [0.15, 0.2) is 22.0 Å². The maximum atomic E-state index is 12.1. The van der Waals surface area contributed by atoms with Gasteiger partial charge in [-0.3, -0.25) is 0 Å². The van der Waals surface area contributed by atoms with Gasteiger partial charge in [-0.1, -0.05) is 81.1 Å². The lowest BCUT2D eigenvalue weighted by Crippen LogP contribution is -2.74. The lowest BCUT2D eigenvalue weighted by Gasteiger charge is -2.55. The van der Waals surface area contributed by atoms with Gasteiger partial charge in [-0.2, -0.15) is 0 Å². The summed E-state index contributed by atoms with van der Waals surface area (Å²) < 4.78 is 57.9. The van der Waals surface area contributed by atoms with Crippen molar-refractivity contribution in [3.8, 4) is 0 Å². The Hall–Kier alpha value is -0.580. The van der Waals surface area contributed by atoms with Gasteiger partial charge < -0.3 is 52.8 Å². The Kier molecular flexibility index (Phi) is 32.8. The van der Waals surface area contributed by atoms with Crippen LogP contribution in [-0.2, 0) is 42.6 Å². The van der Waals surface area contributed by atoms with Gasteiger partial charge >= 0.3 is 0 Å². The molecule has 0 aromatic heterocycles.